The van der Waals surface area contributed by atoms with Crippen LogP contribution in [-0.2, 0) is 4.79 Å². The summed E-state index contributed by atoms with van der Waals surface area (Å²) in [6.07, 6.45) is 1.55. The molecule has 0 spiro atoms. The van der Waals surface area contributed by atoms with Crippen molar-refractivity contribution in [3.05, 3.63) is 66.2 Å². The fourth-order valence-corrected chi connectivity index (χ4v) is 2.71. The molecule has 3 rings (SSSR count). The number of nitrogens with one attached hydrogen (secondary N) is 2. The molecule has 0 saturated heterocycles. The maximum Gasteiger partial charge on any atom is 0.259 e. The number of anilines is 1. The Morgan fingerprint density at radius 2 is 1.78 bits per heavy atom. The Morgan fingerprint density at radius 1 is 1.00 bits per heavy atom. The molecule has 0 saturated carbocycles. The minimum Gasteiger partial charge on any atom is -0.493 e. The summed E-state index contributed by atoms with van der Waals surface area (Å²) in [5, 5.41) is 9.32. The summed E-state index contributed by atoms with van der Waals surface area (Å²) in [6.45, 7) is 0.122. The average molecular weight is 363 g/mol. The van der Waals surface area contributed by atoms with Crippen LogP contribution in [0.25, 0.3) is 10.8 Å². The molecule has 0 unspecified atom stereocenters. The van der Waals surface area contributed by atoms with Gasteiger partial charge in [0.25, 0.3) is 5.91 Å². The highest BCUT2D eigenvalue weighted by molar-refractivity contribution is 5.95. The molecule has 138 valence electrons. The SMILES string of the molecule is COc1ccc(/C=N/NC(=O)CNc2cccc3ccccc23)cc1OC. The third-order valence-corrected chi connectivity index (χ3v) is 4.04. The van der Waals surface area contributed by atoms with Gasteiger partial charge in [-0.25, -0.2) is 5.43 Å². The molecule has 0 aromatic heterocycles. The van der Waals surface area contributed by atoms with Gasteiger partial charge in [0.05, 0.1) is 27.0 Å². The third-order valence-electron chi connectivity index (χ3n) is 4.04. The van der Waals surface area contributed by atoms with Gasteiger partial charge in [0.15, 0.2) is 11.5 Å². The van der Waals surface area contributed by atoms with E-state index in [9.17, 15) is 4.79 Å². The minimum absolute atomic E-state index is 0.122. The van der Waals surface area contributed by atoms with Crippen molar-refractivity contribution in [1.82, 2.24) is 5.43 Å². The fourth-order valence-electron chi connectivity index (χ4n) is 2.71. The van der Waals surface area contributed by atoms with Crippen molar-refractivity contribution in [2.45, 2.75) is 0 Å². The zero-order chi connectivity index (χ0) is 19.1. The highest BCUT2D eigenvalue weighted by atomic mass is 16.5. The van der Waals surface area contributed by atoms with Gasteiger partial charge in [0.2, 0.25) is 0 Å². The van der Waals surface area contributed by atoms with Gasteiger partial charge in [-0.1, -0.05) is 36.4 Å². The van der Waals surface area contributed by atoms with Crippen LogP contribution in [0.2, 0.25) is 0 Å². The summed E-state index contributed by atoms with van der Waals surface area (Å²) in [7, 11) is 3.15. The highest BCUT2D eigenvalue weighted by Gasteiger charge is 2.04. The number of rotatable bonds is 7. The summed E-state index contributed by atoms with van der Waals surface area (Å²) in [5.74, 6) is 1.00. The van der Waals surface area contributed by atoms with E-state index in [4.69, 9.17) is 9.47 Å². The third kappa shape index (κ3) is 4.55. The Bertz CT molecular complexity index is 965. The van der Waals surface area contributed by atoms with Crippen LogP contribution in [0.5, 0.6) is 11.5 Å². The van der Waals surface area contributed by atoms with E-state index in [1.807, 2.05) is 48.5 Å². The average Bonchev–Trinajstić information content (AvgIpc) is 2.72. The van der Waals surface area contributed by atoms with Crippen LogP contribution in [0.1, 0.15) is 5.56 Å². The lowest BCUT2D eigenvalue weighted by Crippen LogP contribution is -2.25. The van der Waals surface area contributed by atoms with E-state index in [1.54, 1.807) is 32.6 Å². The number of hydrazone groups is 1. The van der Waals surface area contributed by atoms with Crippen LogP contribution in [0, 0.1) is 0 Å². The molecule has 0 aliphatic carbocycles. The second-order valence-electron chi connectivity index (χ2n) is 5.79. The Labute approximate surface area is 157 Å². The zero-order valence-corrected chi connectivity index (χ0v) is 15.2. The first kappa shape index (κ1) is 18.3. The van der Waals surface area contributed by atoms with Gasteiger partial charge in [-0.2, -0.15) is 5.10 Å². The maximum atomic E-state index is 12.0. The van der Waals surface area contributed by atoms with Crippen molar-refractivity contribution in [2.24, 2.45) is 5.10 Å². The molecule has 0 atom stereocenters. The molecule has 6 nitrogen and oxygen atoms in total. The van der Waals surface area contributed by atoms with Gasteiger partial charge in [-0.15, -0.1) is 0 Å². The molecular formula is C21H21N3O3. The number of ether oxygens (including phenoxy) is 2. The van der Waals surface area contributed by atoms with E-state index >= 15 is 0 Å². The van der Waals surface area contributed by atoms with Gasteiger partial charge in [-0.05, 0) is 35.2 Å². The summed E-state index contributed by atoms with van der Waals surface area (Å²) in [5.41, 5.74) is 4.21. The molecule has 0 bridgehead atoms. The molecule has 0 aliphatic heterocycles. The van der Waals surface area contributed by atoms with Crippen LogP contribution < -0.4 is 20.2 Å². The number of amides is 1. The Balaban J connectivity index is 1.57. The van der Waals surface area contributed by atoms with Crippen LogP contribution in [0.4, 0.5) is 5.69 Å². The number of nitrogens with zero attached hydrogens (tertiary/aromatic N) is 1. The minimum atomic E-state index is -0.236. The molecule has 0 radical (unpaired) electrons. The van der Waals surface area contributed by atoms with Crippen molar-refractivity contribution in [3.8, 4) is 11.5 Å². The lowest BCUT2D eigenvalue weighted by atomic mass is 10.1. The lowest BCUT2D eigenvalue weighted by Gasteiger charge is -2.09. The molecule has 6 heteroatoms. The Morgan fingerprint density at radius 3 is 2.59 bits per heavy atom. The Hall–Kier alpha value is -3.54. The van der Waals surface area contributed by atoms with E-state index in [0.717, 1.165) is 22.0 Å². The van der Waals surface area contributed by atoms with Crippen molar-refractivity contribution >= 4 is 28.6 Å². The largest absolute Gasteiger partial charge is 0.493 e. The van der Waals surface area contributed by atoms with Crippen LogP contribution >= 0.6 is 0 Å². The first-order chi connectivity index (χ1) is 13.2. The van der Waals surface area contributed by atoms with Crippen molar-refractivity contribution < 1.29 is 14.3 Å². The van der Waals surface area contributed by atoms with Gasteiger partial charge in [-0.3, -0.25) is 4.79 Å². The number of benzene rings is 3. The number of fused-ring (bicyclic) bond motifs is 1. The highest BCUT2D eigenvalue weighted by Crippen LogP contribution is 2.26. The quantitative estimate of drug-likeness (QED) is 0.498. The van der Waals surface area contributed by atoms with Gasteiger partial charge in [0, 0.05) is 11.1 Å². The fraction of sp³-hybridized carbons (Fsp3) is 0.143. The summed E-state index contributed by atoms with van der Waals surface area (Å²) in [4.78, 5) is 12.0. The molecule has 0 fully saturated rings. The van der Waals surface area contributed by atoms with Crippen molar-refractivity contribution in [2.75, 3.05) is 26.1 Å². The maximum absolute atomic E-state index is 12.0. The number of methoxy groups -OCH3 is 2. The molecule has 27 heavy (non-hydrogen) atoms. The van der Waals surface area contributed by atoms with Crippen LogP contribution in [0.3, 0.4) is 0 Å². The van der Waals surface area contributed by atoms with E-state index in [1.165, 1.54) is 0 Å². The van der Waals surface area contributed by atoms with Crippen LogP contribution in [-0.4, -0.2) is 32.9 Å². The van der Waals surface area contributed by atoms with Crippen molar-refractivity contribution in [1.29, 1.82) is 0 Å². The number of hydrogen-bond acceptors (Lipinski definition) is 5. The summed E-state index contributed by atoms with van der Waals surface area (Å²) in [6, 6.07) is 19.3. The van der Waals surface area contributed by atoms with Crippen molar-refractivity contribution in [3.63, 3.8) is 0 Å². The second-order valence-corrected chi connectivity index (χ2v) is 5.79. The van der Waals surface area contributed by atoms with Gasteiger partial charge >= 0.3 is 0 Å². The van der Waals surface area contributed by atoms with E-state index < -0.39 is 0 Å². The molecule has 1 amide bonds. The smallest absolute Gasteiger partial charge is 0.259 e. The molecule has 2 N–H and O–H groups in total. The first-order valence-corrected chi connectivity index (χ1v) is 8.47. The molecule has 0 aliphatic rings. The molecule has 0 heterocycles. The monoisotopic (exact) mass is 363 g/mol. The number of carbonyl (C=O) groups is 1. The van der Waals surface area contributed by atoms with E-state index in [-0.39, 0.29) is 12.5 Å². The van der Waals surface area contributed by atoms with Gasteiger partial charge in [0.1, 0.15) is 0 Å². The topological polar surface area (TPSA) is 72.0 Å². The molecule has 3 aromatic carbocycles. The molecule has 3 aromatic rings. The lowest BCUT2D eigenvalue weighted by molar-refractivity contribution is -0.119. The van der Waals surface area contributed by atoms with Crippen LogP contribution in [0.15, 0.2) is 65.8 Å². The number of carbonyl (C=O) groups excluding carboxylic acids is 1. The van der Waals surface area contributed by atoms with E-state index in [2.05, 4.69) is 15.8 Å². The van der Waals surface area contributed by atoms with Gasteiger partial charge < -0.3 is 14.8 Å². The summed E-state index contributed by atoms with van der Waals surface area (Å²) < 4.78 is 10.4. The zero-order valence-electron chi connectivity index (χ0n) is 15.2. The predicted molar refractivity (Wildman–Crippen MR) is 108 cm³/mol. The standard InChI is InChI=1S/C21H21N3O3/c1-26-19-11-10-15(12-20(19)27-2)13-23-24-21(25)14-22-18-9-5-7-16-6-3-4-8-17(16)18/h3-13,22H,14H2,1-2H3,(H,24,25)/b23-13+. The van der Waals surface area contributed by atoms with E-state index in [0.29, 0.717) is 11.5 Å². The number of hydrogen-bond donors (Lipinski definition) is 2. The summed E-state index contributed by atoms with van der Waals surface area (Å²) >= 11 is 0. The normalized spacial score (nSPS) is 10.7. The Kier molecular flexibility index (Phi) is 5.89. The predicted octanol–water partition coefficient (Wildman–Crippen LogP) is 3.42. The molecular weight excluding hydrogens is 342 g/mol. The first-order valence-electron chi connectivity index (χ1n) is 8.47. The second kappa shape index (κ2) is 8.71.